The van der Waals surface area contributed by atoms with Crippen molar-refractivity contribution in [2.75, 3.05) is 0 Å². The fourth-order valence-electron chi connectivity index (χ4n) is 1.16. The van der Waals surface area contributed by atoms with Gasteiger partial charge in [-0.25, -0.2) is 0 Å². The minimum atomic E-state index is 0.505. The van der Waals surface area contributed by atoms with Gasteiger partial charge in [0.05, 0.1) is 5.69 Å². The highest BCUT2D eigenvalue weighted by molar-refractivity contribution is 5.60. The summed E-state index contributed by atoms with van der Waals surface area (Å²) in [5, 5.41) is 0. The Bertz CT molecular complexity index is 324. The van der Waals surface area contributed by atoms with Crippen molar-refractivity contribution >= 4 is 12.2 Å². The third-order valence-corrected chi connectivity index (χ3v) is 2.05. The van der Waals surface area contributed by atoms with Gasteiger partial charge in [-0.1, -0.05) is 33.1 Å². The lowest BCUT2D eigenvalue weighted by atomic mass is 10.0. The molecule has 0 aromatic carbocycles. The zero-order chi connectivity index (χ0) is 9.84. The third-order valence-electron chi connectivity index (χ3n) is 2.05. The van der Waals surface area contributed by atoms with Gasteiger partial charge < -0.3 is 0 Å². The highest BCUT2D eigenvalue weighted by atomic mass is 14.7. The highest BCUT2D eigenvalue weighted by Crippen LogP contribution is 2.18. The van der Waals surface area contributed by atoms with Crippen LogP contribution in [-0.2, 0) is 0 Å². The summed E-state index contributed by atoms with van der Waals surface area (Å²) < 4.78 is 0. The van der Waals surface area contributed by atoms with Crippen molar-refractivity contribution in [3.8, 4) is 0 Å². The highest BCUT2D eigenvalue weighted by Gasteiger charge is 2.02. The molecule has 1 heteroatoms. The molecule has 1 nitrogen and oxygen atoms in total. The number of hydrogen-bond acceptors (Lipinski definition) is 1. The van der Waals surface area contributed by atoms with Crippen LogP contribution in [0, 0.1) is 0 Å². The van der Waals surface area contributed by atoms with Crippen LogP contribution in [0.25, 0.3) is 12.2 Å². The Morgan fingerprint density at radius 1 is 1.31 bits per heavy atom. The fraction of sp³-hybridized carbons (Fsp3) is 0.250. The van der Waals surface area contributed by atoms with Gasteiger partial charge in [0.2, 0.25) is 0 Å². The lowest BCUT2D eigenvalue weighted by Crippen LogP contribution is -1.93. The molecule has 1 aromatic rings. The monoisotopic (exact) mass is 173 g/mol. The van der Waals surface area contributed by atoms with Crippen molar-refractivity contribution in [3.05, 3.63) is 42.2 Å². The van der Waals surface area contributed by atoms with Crippen LogP contribution in [0.5, 0.6) is 0 Å². The molecule has 68 valence electrons. The Balaban J connectivity index is 3.20. The summed E-state index contributed by atoms with van der Waals surface area (Å²) in [6.45, 7) is 11.8. The average molecular weight is 173 g/mol. The molecule has 1 aromatic heterocycles. The number of hydrogen-bond donors (Lipinski definition) is 0. The summed E-state index contributed by atoms with van der Waals surface area (Å²) in [6.07, 6.45) is 5.46. The van der Waals surface area contributed by atoms with Gasteiger partial charge in [0.15, 0.2) is 0 Å². The maximum Gasteiger partial charge on any atom is 0.0696 e. The van der Waals surface area contributed by atoms with E-state index in [4.69, 9.17) is 0 Å². The standard InChI is InChI=1S/C12H15N/c1-5-10-7-11(9(3)4)8-13-12(10)6-2/h5-9H,1-2H2,3-4H3. The molecule has 0 fully saturated rings. The Morgan fingerprint density at radius 3 is 2.46 bits per heavy atom. The second-order valence-corrected chi connectivity index (χ2v) is 3.31. The second-order valence-electron chi connectivity index (χ2n) is 3.31. The van der Waals surface area contributed by atoms with Crippen LogP contribution in [0.4, 0.5) is 0 Å². The van der Waals surface area contributed by atoms with Gasteiger partial charge >= 0.3 is 0 Å². The Labute approximate surface area is 79.8 Å². The van der Waals surface area contributed by atoms with Crippen LogP contribution < -0.4 is 0 Å². The van der Waals surface area contributed by atoms with Crippen LogP contribution in [0.1, 0.15) is 36.6 Å². The number of rotatable bonds is 3. The smallest absolute Gasteiger partial charge is 0.0696 e. The minimum Gasteiger partial charge on any atom is -0.256 e. The van der Waals surface area contributed by atoms with Crippen LogP contribution in [-0.4, -0.2) is 4.98 Å². The van der Waals surface area contributed by atoms with Crippen molar-refractivity contribution in [2.24, 2.45) is 0 Å². The summed E-state index contributed by atoms with van der Waals surface area (Å²) in [6, 6.07) is 2.11. The van der Waals surface area contributed by atoms with Crippen molar-refractivity contribution < 1.29 is 0 Å². The molecule has 0 saturated carbocycles. The van der Waals surface area contributed by atoms with E-state index in [0.29, 0.717) is 5.92 Å². The summed E-state index contributed by atoms with van der Waals surface area (Å²) in [7, 11) is 0. The molecule has 0 unspecified atom stereocenters. The van der Waals surface area contributed by atoms with Crippen LogP contribution >= 0.6 is 0 Å². The maximum atomic E-state index is 4.30. The topological polar surface area (TPSA) is 12.9 Å². The summed E-state index contributed by atoms with van der Waals surface area (Å²) in [5.74, 6) is 0.505. The summed E-state index contributed by atoms with van der Waals surface area (Å²) in [5.41, 5.74) is 3.20. The number of pyridine rings is 1. The molecular formula is C12H15N. The van der Waals surface area contributed by atoms with E-state index in [9.17, 15) is 0 Å². The van der Waals surface area contributed by atoms with Crippen molar-refractivity contribution in [1.82, 2.24) is 4.98 Å². The SMILES string of the molecule is C=Cc1cc(C(C)C)cnc1C=C. The normalized spacial score (nSPS) is 10.1. The Hall–Kier alpha value is -1.37. The van der Waals surface area contributed by atoms with Gasteiger partial charge in [0, 0.05) is 6.20 Å². The van der Waals surface area contributed by atoms with Gasteiger partial charge in [-0.05, 0) is 29.2 Å². The lowest BCUT2D eigenvalue weighted by Gasteiger charge is -2.07. The summed E-state index contributed by atoms with van der Waals surface area (Å²) in [4.78, 5) is 4.30. The quantitative estimate of drug-likeness (QED) is 0.681. The largest absolute Gasteiger partial charge is 0.256 e. The van der Waals surface area contributed by atoms with E-state index in [1.165, 1.54) is 5.56 Å². The van der Waals surface area contributed by atoms with Crippen LogP contribution in [0.2, 0.25) is 0 Å². The zero-order valence-electron chi connectivity index (χ0n) is 8.25. The van der Waals surface area contributed by atoms with E-state index >= 15 is 0 Å². The minimum absolute atomic E-state index is 0.505. The molecule has 0 spiro atoms. The zero-order valence-corrected chi connectivity index (χ0v) is 8.25. The van der Waals surface area contributed by atoms with E-state index in [2.05, 4.69) is 38.1 Å². The van der Waals surface area contributed by atoms with E-state index < -0.39 is 0 Å². The molecular weight excluding hydrogens is 158 g/mol. The fourth-order valence-corrected chi connectivity index (χ4v) is 1.16. The van der Waals surface area contributed by atoms with Gasteiger partial charge in [0.1, 0.15) is 0 Å². The molecule has 0 aliphatic carbocycles. The van der Waals surface area contributed by atoms with Gasteiger partial charge in [-0.3, -0.25) is 4.98 Å². The predicted octanol–water partition coefficient (Wildman–Crippen LogP) is 3.49. The van der Waals surface area contributed by atoms with E-state index in [1.54, 1.807) is 6.08 Å². The average Bonchev–Trinajstić information content (AvgIpc) is 2.16. The first-order valence-electron chi connectivity index (χ1n) is 4.44. The molecule has 0 radical (unpaired) electrons. The number of aromatic nitrogens is 1. The first-order valence-corrected chi connectivity index (χ1v) is 4.44. The third kappa shape index (κ3) is 2.05. The van der Waals surface area contributed by atoms with Crippen LogP contribution in [0.15, 0.2) is 25.4 Å². The van der Waals surface area contributed by atoms with Gasteiger partial charge in [-0.15, -0.1) is 0 Å². The molecule has 13 heavy (non-hydrogen) atoms. The molecule has 0 aliphatic heterocycles. The van der Waals surface area contributed by atoms with Crippen molar-refractivity contribution in [1.29, 1.82) is 0 Å². The molecule has 0 aliphatic rings. The van der Waals surface area contributed by atoms with Gasteiger partial charge in [-0.2, -0.15) is 0 Å². The molecule has 0 bridgehead atoms. The molecule has 0 atom stereocenters. The van der Waals surface area contributed by atoms with Crippen molar-refractivity contribution in [3.63, 3.8) is 0 Å². The first-order chi connectivity index (χ1) is 6.19. The van der Waals surface area contributed by atoms with Crippen LogP contribution in [0.3, 0.4) is 0 Å². The predicted molar refractivity (Wildman–Crippen MR) is 58.5 cm³/mol. The van der Waals surface area contributed by atoms with Crippen molar-refractivity contribution in [2.45, 2.75) is 19.8 Å². The Kier molecular flexibility index (Phi) is 3.02. The second kappa shape index (κ2) is 4.04. The molecule has 0 amide bonds. The van der Waals surface area contributed by atoms with E-state index in [1.807, 2.05) is 12.3 Å². The lowest BCUT2D eigenvalue weighted by molar-refractivity contribution is 0.857. The molecule has 0 saturated heterocycles. The number of nitrogens with zero attached hydrogens (tertiary/aromatic N) is 1. The van der Waals surface area contributed by atoms with E-state index in [-0.39, 0.29) is 0 Å². The summed E-state index contributed by atoms with van der Waals surface area (Å²) >= 11 is 0. The van der Waals surface area contributed by atoms with E-state index in [0.717, 1.165) is 11.3 Å². The Morgan fingerprint density at radius 2 is 2.00 bits per heavy atom. The molecule has 1 rings (SSSR count). The molecule has 0 N–H and O–H groups in total. The maximum absolute atomic E-state index is 4.30. The molecule has 1 heterocycles. The first kappa shape index (κ1) is 9.72. The van der Waals surface area contributed by atoms with Gasteiger partial charge in [0.25, 0.3) is 0 Å².